The molecule has 0 atom stereocenters. The van der Waals surface area contributed by atoms with Gasteiger partial charge in [0.05, 0.1) is 6.42 Å². The average molecular weight is 365 g/mol. The van der Waals surface area contributed by atoms with Crippen molar-refractivity contribution in [3.8, 4) is 0 Å². The van der Waals surface area contributed by atoms with Gasteiger partial charge in [0.1, 0.15) is 0 Å². The molecular weight excluding hydrogens is 344 g/mol. The highest BCUT2D eigenvalue weighted by Crippen LogP contribution is 2.30. The van der Waals surface area contributed by atoms with E-state index in [0.717, 1.165) is 18.5 Å². The highest BCUT2D eigenvalue weighted by molar-refractivity contribution is 6.30. The second-order valence-corrected chi connectivity index (χ2v) is 7.26. The molecule has 4 rings (SSSR count). The Morgan fingerprint density at radius 1 is 1.19 bits per heavy atom. The van der Waals surface area contributed by atoms with Crippen LogP contribution >= 0.6 is 11.6 Å². The van der Waals surface area contributed by atoms with Crippen LogP contribution < -0.4 is 0 Å². The van der Waals surface area contributed by atoms with E-state index < -0.39 is 0 Å². The number of halogens is 1. The van der Waals surface area contributed by atoms with Crippen molar-refractivity contribution in [2.45, 2.75) is 19.8 Å². The number of aryl methyl sites for hydroxylation is 1. The number of aromatic nitrogens is 1. The number of para-hydroxylation sites is 1. The molecule has 0 unspecified atom stereocenters. The van der Waals surface area contributed by atoms with Gasteiger partial charge in [-0.3, -0.25) is 4.79 Å². The van der Waals surface area contributed by atoms with Crippen LogP contribution in [-0.4, -0.2) is 28.9 Å². The lowest BCUT2D eigenvalue weighted by Gasteiger charge is -2.26. The SMILES string of the molecule is Cc1cccc2c(C3=CCN(C(=O)Cc4ccc(Cl)cc4)CC3)c[nH]c12. The molecule has 26 heavy (non-hydrogen) atoms. The maximum atomic E-state index is 12.6. The lowest BCUT2D eigenvalue weighted by molar-refractivity contribution is -0.130. The van der Waals surface area contributed by atoms with E-state index in [1.165, 1.54) is 27.6 Å². The fourth-order valence-electron chi connectivity index (χ4n) is 3.60. The summed E-state index contributed by atoms with van der Waals surface area (Å²) in [6.45, 7) is 3.55. The lowest BCUT2D eigenvalue weighted by Crippen LogP contribution is -2.35. The molecule has 3 aromatic rings. The van der Waals surface area contributed by atoms with Gasteiger partial charge in [0, 0.05) is 40.8 Å². The second-order valence-electron chi connectivity index (χ2n) is 6.82. The van der Waals surface area contributed by atoms with E-state index in [4.69, 9.17) is 11.6 Å². The Bertz CT molecular complexity index is 985. The summed E-state index contributed by atoms with van der Waals surface area (Å²) < 4.78 is 0. The molecule has 1 aromatic heterocycles. The molecule has 3 nitrogen and oxygen atoms in total. The Hall–Kier alpha value is -2.52. The average Bonchev–Trinajstić information content (AvgIpc) is 3.09. The Balaban J connectivity index is 1.48. The van der Waals surface area contributed by atoms with Gasteiger partial charge in [-0.25, -0.2) is 0 Å². The minimum Gasteiger partial charge on any atom is -0.360 e. The van der Waals surface area contributed by atoms with E-state index in [1.807, 2.05) is 29.2 Å². The van der Waals surface area contributed by atoms with Crippen molar-refractivity contribution in [1.29, 1.82) is 0 Å². The van der Waals surface area contributed by atoms with E-state index in [0.29, 0.717) is 18.0 Å². The number of carbonyl (C=O) groups is 1. The fraction of sp³-hybridized carbons (Fsp3) is 0.227. The number of hydrogen-bond donors (Lipinski definition) is 1. The van der Waals surface area contributed by atoms with Gasteiger partial charge in [0.15, 0.2) is 0 Å². The number of amides is 1. The third-order valence-electron chi connectivity index (χ3n) is 5.10. The first-order chi connectivity index (χ1) is 12.6. The van der Waals surface area contributed by atoms with Crippen LogP contribution in [0.1, 0.15) is 23.1 Å². The number of hydrogen-bond acceptors (Lipinski definition) is 1. The number of H-pyrrole nitrogens is 1. The quantitative estimate of drug-likeness (QED) is 0.698. The number of fused-ring (bicyclic) bond motifs is 1. The minimum absolute atomic E-state index is 0.164. The molecule has 0 aliphatic carbocycles. The van der Waals surface area contributed by atoms with Crippen LogP contribution in [0.25, 0.3) is 16.5 Å². The molecule has 1 amide bonds. The summed E-state index contributed by atoms with van der Waals surface area (Å²) in [5.74, 6) is 0.164. The molecule has 1 N–H and O–H groups in total. The normalized spacial score (nSPS) is 14.5. The van der Waals surface area contributed by atoms with E-state index in [2.05, 4.69) is 42.4 Å². The van der Waals surface area contributed by atoms with E-state index in [9.17, 15) is 4.79 Å². The zero-order chi connectivity index (χ0) is 18.1. The maximum absolute atomic E-state index is 12.6. The van der Waals surface area contributed by atoms with Gasteiger partial charge < -0.3 is 9.88 Å². The van der Waals surface area contributed by atoms with Gasteiger partial charge in [-0.2, -0.15) is 0 Å². The first-order valence-corrected chi connectivity index (χ1v) is 9.28. The first kappa shape index (κ1) is 16.9. The largest absolute Gasteiger partial charge is 0.360 e. The Labute approximate surface area is 158 Å². The summed E-state index contributed by atoms with van der Waals surface area (Å²) in [7, 11) is 0. The van der Waals surface area contributed by atoms with Gasteiger partial charge in [-0.15, -0.1) is 0 Å². The lowest BCUT2D eigenvalue weighted by atomic mass is 9.98. The van der Waals surface area contributed by atoms with Crippen LogP contribution in [0.5, 0.6) is 0 Å². The predicted molar refractivity (Wildman–Crippen MR) is 107 cm³/mol. The summed E-state index contributed by atoms with van der Waals surface area (Å²) >= 11 is 5.91. The number of aromatic amines is 1. The summed E-state index contributed by atoms with van der Waals surface area (Å²) in [6.07, 6.45) is 5.59. The summed E-state index contributed by atoms with van der Waals surface area (Å²) in [4.78, 5) is 17.9. The zero-order valence-electron chi connectivity index (χ0n) is 14.8. The highest BCUT2D eigenvalue weighted by atomic mass is 35.5. The Kier molecular flexibility index (Phi) is 4.56. The molecule has 2 aromatic carbocycles. The van der Waals surface area contributed by atoms with Crippen LogP contribution in [-0.2, 0) is 11.2 Å². The molecule has 0 saturated heterocycles. The van der Waals surface area contributed by atoms with Crippen LogP contribution in [0.3, 0.4) is 0 Å². The van der Waals surface area contributed by atoms with Crippen LogP contribution in [0.15, 0.2) is 54.7 Å². The minimum atomic E-state index is 0.164. The summed E-state index contributed by atoms with van der Waals surface area (Å²) in [6, 6.07) is 13.9. The number of nitrogens with one attached hydrogen (secondary N) is 1. The molecule has 0 fully saturated rings. The van der Waals surface area contributed by atoms with E-state index in [1.54, 1.807) is 0 Å². The van der Waals surface area contributed by atoms with E-state index in [-0.39, 0.29) is 5.91 Å². The molecule has 0 bridgehead atoms. The second kappa shape index (κ2) is 7.00. The zero-order valence-corrected chi connectivity index (χ0v) is 15.5. The third kappa shape index (κ3) is 3.27. The fourth-order valence-corrected chi connectivity index (χ4v) is 3.73. The predicted octanol–water partition coefficient (Wildman–Crippen LogP) is 4.99. The Morgan fingerprint density at radius 3 is 2.73 bits per heavy atom. The molecule has 132 valence electrons. The molecule has 0 spiro atoms. The number of nitrogens with zero attached hydrogens (tertiary/aromatic N) is 1. The van der Waals surface area contributed by atoms with Crippen molar-refractivity contribution in [2.75, 3.05) is 13.1 Å². The Morgan fingerprint density at radius 2 is 2.00 bits per heavy atom. The van der Waals surface area contributed by atoms with Crippen LogP contribution in [0.2, 0.25) is 5.02 Å². The number of carbonyl (C=O) groups excluding carboxylic acids is 1. The standard InChI is InChI=1S/C22H21ClN2O/c1-15-3-2-4-19-20(14-24-22(15)19)17-9-11-25(12-10-17)21(26)13-16-5-7-18(23)8-6-16/h2-9,14,24H,10-13H2,1H3. The van der Waals surface area contributed by atoms with Crippen molar-refractivity contribution in [2.24, 2.45) is 0 Å². The highest BCUT2D eigenvalue weighted by Gasteiger charge is 2.19. The van der Waals surface area contributed by atoms with E-state index >= 15 is 0 Å². The van der Waals surface area contributed by atoms with Crippen molar-refractivity contribution in [3.63, 3.8) is 0 Å². The van der Waals surface area contributed by atoms with Crippen molar-refractivity contribution in [1.82, 2.24) is 9.88 Å². The number of rotatable bonds is 3. The summed E-state index contributed by atoms with van der Waals surface area (Å²) in [5, 5.41) is 1.96. The maximum Gasteiger partial charge on any atom is 0.227 e. The topological polar surface area (TPSA) is 36.1 Å². The smallest absolute Gasteiger partial charge is 0.227 e. The third-order valence-corrected chi connectivity index (χ3v) is 5.35. The molecule has 1 aliphatic rings. The van der Waals surface area contributed by atoms with Crippen molar-refractivity contribution in [3.05, 3.63) is 76.5 Å². The van der Waals surface area contributed by atoms with Gasteiger partial charge in [-0.05, 0) is 42.2 Å². The molecule has 0 radical (unpaired) electrons. The van der Waals surface area contributed by atoms with Crippen LogP contribution in [0.4, 0.5) is 0 Å². The molecule has 0 saturated carbocycles. The molecular formula is C22H21ClN2O. The van der Waals surface area contributed by atoms with Gasteiger partial charge in [0.2, 0.25) is 5.91 Å². The summed E-state index contributed by atoms with van der Waals surface area (Å²) in [5.41, 5.74) is 6.03. The first-order valence-electron chi connectivity index (χ1n) is 8.90. The molecule has 4 heteroatoms. The van der Waals surface area contributed by atoms with Gasteiger partial charge in [-0.1, -0.05) is 48.0 Å². The monoisotopic (exact) mass is 364 g/mol. The van der Waals surface area contributed by atoms with Crippen molar-refractivity contribution >= 4 is 34.0 Å². The molecule has 1 aliphatic heterocycles. The van der Waals surface area contributed by atoms with Gasteiger partial charge >= 0.3 is 0 Å². The molecule has 2 heterocycles. The van der Waals surface area contributed by atoms with Crippen molar-refractivity contribution < 1.29 is 4.79 Å². The van der Waals surface area contributed by atoms with Gasteiger partial charge in [0.25, 0.3) is 0 Å². The number of benzene rings is 2. The van der Waals surface area contributed by atoms with Crippen LogP contribution in [0, 0.1) is 6.92 Å².